The molecular weight excluding hydrogens is 257 g/mol. The molecule has 1 fully saturated rings. The van der Waals surface area contributed by atoms with Gasteiger partial charge in [-0.25, -0.2) is 17.9 Å². The average molecular weight is 273 g/mol. The van der Waals surface area contributed by atoms with Gasteiger partial charge in [-0.3, -0.25) is 0 Å². The normalized spacial score (nSPS) is 18.2. The number of rotatable bonds is 4. The van der Waals surface area contributed by atoms with Crippen molar-refractivity contribution in [3.05, 3.63) is 24.0 Å². The van der Waals surface area contributed by atoms with Crippen LogP contribution in [0.2, 0.25) is 0 Å². The maximum absolute atomic E-state index is 13.8. The first-order valence-electron chi connectivity index (χ1n) is 5.67. The van der Waals surface area contributed by atoms with Gasteiger partial charge in [-0.2, -0.15) is 0 Å². The van der Waals surface area contributed by atoms with Crippen LogP contribution in [-0.4, -0.2) is 20.5 Å². The van der Waals surface area contributed by atoms with Gasteiger partial charge < -0.3 is 11.1 Å². The summed E-state index contributed by atoms with van der Waals surface area (Å²) in [6.45, 7) is 0.420. The summed E-state index contributed by atoms with van der Waals surface area (Å²) in [7, 11) is -3.88. The molecule has 0 radical (unpaired) electrons. The fraction of sp³-hybridized carbons (Fsp3) is 0.455. The van der Waals surface area contributed by atoms with Crippen molar-refractivity contribution in [3.8, 4) is 0 Å². The minimum Gasteiger partial charge on any atom is -0.376 e. The Hall–Kier alpha value is -1.18. The first-order valence-corrected chi connectivity index (χ1v) is 7.22. The maximum Gasteiger partial charge on any atom is 0.238 e. The molecule has 0 aliphatic heterocycles. The summed E-state index contributed by atoms with van der Waals surface area (Å²) in [4.78, 5) is -0.235. The van der Waals surface area contributed by atoms with Crippen LogP contribution >= 0.6 is 0 Å². The molecule has 1 aliphatic rings. The summed E-state index contributed by atoms with van der Waals surface area (Å²) in [5, 5.41) is 7.98. The predicted molar refractivity (Wildman–Crippen MR) is 67.0 cm³/mol. The highest BCUT2D eigenvalue weighted by molar-refractivity contribution is 7.89. The second-order valence-electron chi connectivity index (χ2n) is 4.65. The van der Waals surface area contributed by atoms with Gasteiger partial charge >= 0.3 is 0 Å². The van der Waals surface area contributed by atoms with Gasteiger partial charge in [-0.1, -0.05) is 0 Å². The van der Waals surface area contributed by atoms with E-state index in [-0.39, 0.29) is 16.1 Å². The van der Waals surface area contributed by atoms with Crippen LogP contribution in [0.5, 0.6) is 0 Å². The van der Waals surface area contributed by atoms with Crippen molar-refractivity contribution in [2.45, 2.75) is 29.7 Å². The molecule has 0 heterocycles. The Labute approximate surface area is 105 Å². The van der Waals surface area contributed by atoms with E-state index in [0.717, 1.165) is 25.3 Å². The first-order chi connectivity index (χ1) is 8.36. The minimum absolute atomic E-state index is 0.235. The van der Waals surface area contributed by atoms with Crippen LogP contribution in [0.25, 0.3) is 0 Å². The number of hydrogen-bond donors (Lipinski definition) is 3. The third-order valence-corrected chi connectivity index (χ3v) is 4.28. The van der Waals surface area contributed by atoms with E-state index >= 15 is 0 Å². The van der Waals surface area contributed by atoms with Gasteiger partial charge in [0.2, 0.25) is 10.0 Å². The van der Waals surface area contributed by atoms with E-state index in [2.05, 4.69) is 5.32 Å². The smallest absolute Gasteiger partial charge is 0.238 e. The number of hydrogen-bond acceptors (Lipinski definition) is 4. The number of nitrogens with one attached hydrogen (secondary N) is 1. The van der Waals surface area contributed by atoms with Gasteiger partial charge in [0.05, 0.1) is 10.6 Å². The maximum atomic E-state index is 13.8. The Kier molecular flexibility index (Phi) is 3.31. The van der Waals surface area contributed by atoms with Crippen LogP contribution in [0.1, 0.15) is 19.3 Å². The topological polar surface area (TPSA) is 98.2 Å². The molecule has 100 valence electrons. The van der Waals surface area contributed by atoms with Crippen molar-refractivity contribution in [3.63, 3.8) is 0 Å². The number of sulfonamides is 1. The Morgan fingerprint density at radius 1 is 1.39 bits per heavy atom. The standard InChI is InChI=1S/C11H16FN3O2S/c12-9-6-8(18(14,16)17)2-3-10(9)15-11(7-13)4-1-5-11/h2-3,6,15H,1,4-5,7,13H2,(H2,14,16,17). The molecule has 7 heteroatoms. The van der Waals surface area contributed by atoms with Crippen LogP contribution < -0.4 is 16.2 Å². The lowest BCUT2D eigenvalue weighted by atomic mass is 9.76. The lowest BCUT2D eigenvalue weighted by Gasteiger charge is -2.42. The van der Waals surface area contributed by atoms with Gasteiger partial charge in [0.1, 0.15) is 5.82 Å². The van der Waals surface area contributed by atoms with Crippen molar-refractivity contribution < 1.29 is 12.8 Å². The molecule has 0 saturated heterocycles. The number of primary sulfonamides is 1. The molecule has 0 amide bonds. The third-order valence-electron chi connectivity index (χ3n) is 3.37. The Morgan fingerprint density at radius 3 is 2.44 bits per heavy atom. The first kappa shape index (κ1) is 13.3. The van der Waals surface area contributed by atoms with Crippen LogP contribution in [0.3, 0.4) is 0 Å². The molecule has 0 aromatic heterocycles. The molecular formula is C11H16FN3O2S. The van der Waals surface area contributed by atoms with Gasteiger partial charge in [0.15, 0.2) is 0 Å². The Balaban J connectivity index is 2.25. The molecule has 0 bridgehead atoms. The zero-order chi connectivity index (χ0) is 13.4. The summed E-state index contributed by atoms with van der Waals surface area (Å²) in [6.07, 6.45) is 2.83. The molecule has 1 saturated carbocycles. The molecule has 1 aliphatic carbocycles. The lowest BCUT2D eigenvalue weighted by molar-refractivity contribution is 0.286. The van der Waals surface area contributed by atoms with Crippen LogP contribution in [0, 0.1) is 5.82 Å². The number of anilines is 1. The molecule has 0 unspecified atom stereocenters. The van der Waals surface area contributed by atoms with Gasteiger partial charge in [0.25, 0.3) is 0 Å². The second-order valence-corrected chi connectivity index (χ2v) is 6.21. The molecule has 5 N–H and O–H groups in total. The zero-order valence-electron chi connectivity index (χ0n) is 9.82. The van der Waals surface area contributed by atoms with E-state index in [9.17, 15) is 12.8 Å². The van der Waals surface area contributed by atoms with Crippen molar-refractivity contribution in [1.82, 2.24) is 0 Å². The fourth-order valence-electron chi connectivity index (χ4n) is 2.04. The average Bonchev–Trinajstić information content (AvgIpc) is 2.24. The minimum atomic E-state index is -3.88. The van der Waals surface area contributed by atoms with E-state index in [1.165, 1.54) is 12.1 Å². The van der Waals surface area contributed by atoms with E-state index in [0.29, 0.717) is 6.54 Å². The molecule has 1 aromatic carbocycles. The summed E-state index contributed by atoms with van der Waals surface area (Å²) in [6, 6.07) is 3.58. The van der Waals surface area contributed by atoms with E-state index in [1.807, 2.05) is 0 Å². The molecule has 18 heavy (non-hydrogen) atoms. The molecule has 1 aromatic rings. The quantitative estimate of drug-likeness (QED) is 0.754. The molecule has 0 atom stereocenters. The molecule has 0 spiro atoms. The van der Waals surface area contributed by atoms with E-state index in [1.54, 1.807) is 0 Å². The summed E-state index contributed by atoms with van der Waals surface area (Å²) < 4.78 is 35.9. The van der Waals surface area contributed by atoms with Crippen LogP contribution in [0.15, 0.2) is 23.1 Å². The van der Waals surface area contributed by atoms with Crippen molar-refractivity contribution in [2.75, 3.05) is 11.9 Å². The predicted octanol–water partition coefficient (Wildman–Crippen LogP) is 0.766. The SMILES string of the molecule is NCC1(Nc2ccc(S(N)(=O)=O)cc2F)CCC1. The highest BCUT2D eigenvalue weighted by atomic mass is 32.2. The lowest BCUT2D eigenvalue weighted by Crippen LogP contribution is -2.51. The largest absolute Gasteiger partial charge is 0.376 e. The summed E-state index contributed by atoms with van der Waals surface area (Å²) >= 11 is 0. The van der Waals surface area contributed by atoms with Crippen molar-refractivity contribution in [2.24, 2.45) is 10.9 Å². The third kappa shape index (κ3) is 2.47. The highest BCUT2D eigenvalue weighted by Gasteiger charge is 2.35. The number of benzene rings is 1. The van der Waals surface area contributed by atoms with E-state index < -0.39 is 15.8 Å². The Bertz CT molecular complexity index is 550. The fourth-order valence-corrected chi connectivity index (χ4v) is 2.57. The number of halogens is 1. The zero-order valence-corrected chi connectivity index (χ0v) is 10.6. The summed E-state index contributed by atoms with van der Waals surface area (Å²) in [5.74, 6) is -0.638. The molecule has 2 rings (SSSR count). The van der Waals surface area contributed by atoms with Crippen molar-refractivity contribution in [1.29, 1.82) is 0 Å². The van der Waals surface area contributed by atoms with Crippen LogP contribution in [-0.2, 0) is 10.0 Å². The summed E-state index contributed by atoms with van der Waals surface area (Å²) in [5.41, 5.74) is 5.66. The van der Waals surface area contributed by atoms with Gasteiger partial charge in [-0.05, 0) is 37.5 Å². The van der Waals surface area contributed by atoms with Gasteiger partial charge in [0, 0.05) is 12.1 Å². The second kappa shape index (κ2) is 4.49. The van der Waals surface area contributed by atoms with Gasteiger partial charge in [-0.15, -0.1) is 0 Å². The Morgan fingerprint density at radius 2 is 2.06 bits per heavy atom. The van der Waals surface area contributed by atoms with Crippen molar-refractivity contribution >= 4 is 15.7 Å². The number of nitrogens with two attached hydrogens (primary N) is 2. The van der Waals surface area contributed by atoms with Crippen LogP contribution in [0.4, 0.5) is 10.1 Å². The van der Waals surface area contributed by atoms with E-state index in [4.69, 9.17) is 10.9 Å². The molecule has 5 nitrogen and oxygen atoms in total. The highest BCUT2D eigenvalue weighted by Crippen LogP contribution is 2.35. The monoisotopic (exact) mass is 273 g/mol.